The first-order valence-corrected chi connectivity index (χ1v) is 11.1. The first-order valence-electron chi connectivity index (χ1n) is 9.73. The number of thioether (sulfide) groups is 1. The number of benzene rings is 1. The minimum absolute atomic E-state index is 0.0376. The second kappa shape index (κ2) is 10.1. The van der Waals surface area contributed by atoms with Gasteiger partial charge in [-0.25, -0.2) is 0 Å². The maximum absolute atomic E-state index is 12.5. The maximum atomic E-state index is 12.5. The van der Waals surface area contributed by atoms with Crippen LogP contribution in [0.25, 0.3) is 5.69 Å². The maximum Gasteiger partial charge on any atom is 0.317 e. The second-order valence-corrected chi connectivity index (χ2v) is 8.43. The van der Waals surface area contributed by atoms with Gasteiger partial charge in [-0.3, -0.25) is 14.2 Å². The molecule has 0 saturated carbocycles. The van der Waals surface area contributed by atoms with E-state index in [0.29, 0.717) is 10.2 Å². The molecule has 1 amide bonds. The summed E-state index contributed by atoms with van der Waals surface area (Å²) < 4.78 is 7.11. The van der Waals surface area contributed by atoms with Crippen LogP contribution < -0.4 is 0 Å². The predicted octanol–water partition coefficient (Wildman–Crippen LogP) is 3.66. The van der Waals surface area contributed by atoms with Gasteiger partial charge in [-0.1, -0.05) is 42.3 Å². The highest BCUT2D eigenvalue weighted by Crippen LogP contribution is 2.24. The van der Waals surface area contributed by atoms with Gasteiger partial charge in [0.15, 0.2) is 11.3 Å². The van der Waals surface area contributed by atoms with Gasteiger partial charge in [0.1, 0.15) is 6.33 Å². The number of amides is 1. The van der Waals surface area contributed by atoms with Crippen LogP contribution in [0.5, 0.6) is 0 Å². The van der Waals surface area contributed by atoms with Gasteiger partial charge in [0.25, 0.3) is 5.91 Å². The zero-order valence-corrected chi connectivity index (χ0v) is 18.2. The number of aryl methyl sites for hydroxylation is 1. The van der Waals surface area contributed by atoms with Crippen LogP contribution >= 0.6 is 23.4 Å². The van der Waals surface area contributed by atoms with Crippen LogP contribution in [0, 0.1) is 6.92 Å². The lowest BCUT2D eigenvalue weighted by atomic mass is 10.2. The van der Waals surface area contributed by atoms with Gasteiger partial charge >= 0.3 is 5.97 Å². The summed E-state index contributed by atoms with van der Waals surface area (Å²) >= 11 is 7.41. The van der Waals surface area contributed by atoms with Crippen LogP contribution in [0.15, 0.2) is 29.7 Å². The van der Waals surface area contributed by atoms with Gasteiger partial charge in [-0.15, -0.1) is 10.2 Å². The Labute approximate surface area is 179 Å². The van der Waals surface area contributed by atoms with Gasteiger partial charge in [0.05, 0.1) is 11.4 Å². The van der Waals surface area contributed by atoms with E-state index in [9.17, 15) is 9.59 Å². The number of hydrogen-bond donors (Lipinski definition) is 0. The lowest BCUT2D eigenvalue weighted by Crippen LogP contribution is -2.40. The third-order valence-corrected chi connectivity index (χ3v) is 6.17. The Bertz CT molecular complexity index is 865. The van der Waals surface area contributed by atoms with Crippen molar-refractivity contribution in [3.8, 4) is 5.69 Å². The number of aromatic nitrogens is 3. The molecule has 1 aromatic carbocycles. The number of halogens is 1. The fourth-order valence-corrected chi connectivity index (χ4v) is 4.07. The molecule has 1 fully saturated rings. The van der Waals surface area contributed by atoms with Crippen molar-refractivity contribution in [1.82, 2.24) is 19.7 Å². The molecule has 1 aromatic heterocycles. The van der Waals surface area contributed by atoms with E-state index in [1.54, 1.807) is 22.7 Å². The molecule has 2 heterocycles. The molecule has 0 radical (unpaired) electrons. The molecule has 29 heavy (non-hydrogen) atoms. The van der Waals surface area contributed by atoms with E-state index < -0.39 is 12.1 Å². The highest BCUT2D eigenvalue weighted by molar-refractivity contribution is 7.99. The van der Waals surface area contributed by atoms with Crippen LogP contribution in [0.3, 0.4) is 0 Å². The minimum atomic E-state index is -0.782. The molecule has 0 N–H and O–H groups in total. The molecular formula is C20H25ClN4O3S. The number of nitrogens with zero attached hydrogens (tertiary/aromatic N) is 4. The highest BCUT2D eigenvalue weighted by Gasteiger charge is 2.24. The Morgan fingerprint density at radius 3 is 2.66 bits per heavy atom. The standard InChI is InChI=1S/C20H25ClN4O3S/c1-14-7-8-16(11-17(14)21)25-13-22-23-20(25)29-12-18(26)28-15(2)19(27)24-9-5-3-4-6-10-24/h7-8,11,13,15H,3-6,9-10,12H2,1-2H3. The first-order chi connectivity index (χ1) is 14.0. The topological polar surface area (TPSA) is 77.3 Å². The van der Waals surface area contributed by atoms with Crippen LogP contribution in [-0.4, -0.2) is 56.5 Å². The molecule has 156 valence electrons. The van der Waals surface area contributed by atoms with Gasteiger partial charge < -0.3 is 9.64 Å². The van der Waals surface area contributed by atoms with E-state index in [4.69, 9.17) is 16.3 Å². The summed E-state index contributed by atoms with van der Waals surface area (Å²) in [5.41, 5.74) is 1.79. The summed E-state index contributed by atoms with van der Waals surface area (Å²) in [6.07, 6.45) is 5.07. The minimum Gasteiger partial charge on any atom is -0.452 e. The van der Waals surface area contributed by atoms with Crippen molar-refractivity contribution >= 4 is 35.2 Å². The molecule has 0 aliphatic carbocycles. The van der Waals surface area contributed by atoms with E-state index in [1.165, 1.54) is 11.8 Å². The van der Waals surface area contributed by atoms with Gasteiger partial charge in [0.2, 0.25) is 0 Å². The lowest BCUT2D eigenvalue weighted by Gasteiger charge is -2.23. The van der Waals surface area contributed by atoms with Crippen molar-refractivity contribution in [3.63, 3.8) is 0 Å². The molecule has 7 nitrogen and oxygen atoms in total. The zero-order valence-electron chi connectivity index (χ0n) is 16.6. The summed E-state index contributed by atoms with van der Waals surface area (Å²) in [6, 6.07) is 5.65. The Morgan fingerprint density at radius 1 is 1.24 bits per heavy atom. The average Bonchev–Trinajstić information content (AvgIpc) is 3.00. The van der Waals surface area contributed by atoms with E-state index in [0.717, 1.165) is 50.0 Å². The van der Waals surface area contributed by atoms with Crippen molar-refractivity contribution in [2.24, 2.45) is 0 Å². The van der Waals surface area contributed by atoms with Crippen molar-refractivity contribution in [1.29, 1.82) is 0 Å². The Kier molecular flexibility index (Phi) is 7.55. The summed E-state index contributed by atoms with van der Waals surface area (Å²) in [5.74, 6) is -0.541. The predicted molar refractivity (Wildman–Crippen MR) is 112 cm³/mol. The Balaban J connectivity index is 1.55. The Morgan fingerprint density at radius 2 is 1.97 bits per heavy atom. The highest BCUT2D eigenvalue weighted by atomic mass is 35.5. The monoisotopic (exact) mass is 436 g/mol. The zero-order chi connectivity index (χ0) is 20.8. The second-order valence-electron chi connectivity index (χ2n) is 7.08. The van der Waals surface area contributed by atoms with Crippen molar-refractivity contribution < 1.29 is 14.3 Å². The summed E-state index contributed by atoms with van der Waals surface area (Å²) in [7, 11) is 0. The molecule has 3 rings (SSSR count). The molecule has 1 aliphatic rings. The number of rotatable bonds is 6. The van der Waals surface area contributed by atoms with Crippen LogP contribution in [0.2, 0.25) is 5.02 Å². The Hall–Kier alpha value is -2.06. The number of likely N-dealkylation sites (tertiary alicyclic amines) is 1. The molecule has 1 atom stereocenters. The largest absolute Gasteiger partial charge is 0.452 e. The molecule has 2 aromatic rings. The SMILES string of the molecule is Cc1ccc(-n2cnnc2SCC(=O)OC(C)C(=O)N2CCCCCC2)cc1Cl. The van der Waals surface area contributed by atoms with Crippen LogP contribution in [-0.2, 0) is 14.3 Å². The quantitative estimate of drug-likeness (QED) is 0.508. The van der Waals surface area contributed by atoms with Crippen LogP contribution in [0.1, 0.15) is 38.2 Å². The van der Waals surface area contributed by atoms with Crippen molar-refractivity contribution in [2.75, 3.05) is 18.8 Å². The molecule has 9 heteroatoms. The molecule has 0 spiro atoms. The van der Waals surface area contributed by atoms with Crippen molar-refractivity contribution in [3.05, 3.63) is 35.1 Å². The van der Waals surface area contributed by atoms with Gasteiger partial charge in [-0.05, 0) is 44.4 Å². The van der Waals surface area contributed by atoms with Gasteiger partial charge in [0, 0.05) is 18.1 Å². The smallest absolute Gasteiger partial charge is 0.317 e. The van der Waals surface area contributed by atoms with E-state index >= 15 is 0 Å². The summed E-state index contributed by atoms with van der Waals surface area (Å²) in [6.45, 7) is 5.03. The van der Waals surface area contributed by atoms with E-state index in [-0.39, 0.29) is 11.7 Å². The normalized spacial score (nSPS) is 15.6. The number of carbonyl (C=O) groups excluding carboxylic acids is 2. The summed E-state index contributed by atoms with van der Waals surface area (Å²) in [4.78, 5) is 26.6. The third-order valence-electron chi connectivity index (χ3n) is 4.84. The van der Waals surface area contributed by atoms with Crippen molar-refractivity contribution in [2.45, 2.75) is 50.8 Å². The molecule has 1 unspecified atom stereocenters. The summed E-state index contributed by atoms with van der Waals surface area (Å²) in [5, 5.41) is 9.18. The number of hydrogen-bond acceptors (Lipinski definition) is 6. The molecule has 0 bridgehead atoms. The van der Waals surface area contributed by atoms with Gasteiger partial charge in [-0.2, -0.15) is 0 Å². The number of ether oxygens (including phenoxy) is 1. The molecule has 1 saturated heterocycles. The fraction of sp³-hybridized carbons (Fsp3) is 0.500. The molecule has 1 aliphatic heterocycles. The fourth-order valence-electron chi connectivity index (χ4n) is 3.18. The van der Waals surface area contributed by atoms with E-state index in [2.05, 4.69) is 10.2 Å². The average molecular weight is 437 g/mol. The number of esters is 1. The third kappa shape index (κ3) is 5.73. The van der Waals surface area contributed by atoms with E-state index in [1.807, 2.05) is 25.1 Å². The lowest BCUT2D eigenvalue weighted by molar-refractivity contribution is -0.157. The first kappa shape index (κ1) is 21.6. The van der Waals surface area contributed by atoms with Crippen LogP contribution in [0.4, 0.5) is 0 Å². The number of carbonyl (C=O) groups is 2. The molecular weight excluding hydrogens is 412 g/mol.